The first-order chi connectivity index (χ1) is 13.0. The number of hydrogen-bond acceptors (Lipinski definition) is 5. The average molecular weight is 383 g/mol. The lowest BCUT2D eigenvalue weighted by atomic mass is 10.2. The molecule has 27 heavy (non-hydrogen) atoms. The van der Waals surface area contributed by atoms with Gasteiger partial charge in [-0.15, -0.1) is 0 Å². The summed E-state index contributed by atoms with van der Waals surface area (Å²) in [5.41, 5.74) is 2.07. The van der Waals surface area contributed by atoms with Gasteiger partial charge in [0.25, 0.3) is 0 Å². The number of aromatic nitrogens is 1. The van der Waals surface area contributed by atoms with Crippen molar-refractivity contribution in [2.75, 3.05) is 18.5 Å². The predicted octanol–water partition coefficient (Wildman–Crippen LogP) is 2.09. The molecule has 0 saturated heterocycles. The number of carbonyl (C=O) groups excluding carboxylic acids is 1. The van der Waals surface area contributed by atoms with Crippen LogP contribution in [-0.4, -0.2) is 32.5 Å². The van der Waals surface area contributed by atoms with Gasteiger partial charge in [0.1, 0.15) is 17.9 Å². The number of carbonyl (C=O) groups is 1. The van der Waals surface area contributed by atoms with E-state index in [1.54, 1.807) is 18.3 Å². The highest BCUT2D eigenvalue weighted by atomic mass is 32.2. The van der Waals surface area contributed by atoms with Crippen molar-refractivity contribution in [2.45, 2.75) is 11.3 Å². The number of benzene rings is 2. The number of rotatable bonds is 6. The molecule has 1 amide bonds. The van der Waals surface area contributed by atoms with Crippen LogP contribution in [0, 0.1) is 0 Å². The average Bonchev–Trinajstić information content (AvgIpc) is 3.04. The Labute approximate surface area is 156 Å². The van der Waals surface area contributed by atoms with Gasteiger partial charge in [-0.25, -0.2) is 13.1 Å². The number of sulfonamides is 1. The molecule has 2 heterocycles. The van der Waals surface area contributed by atoms with Gasteiger partial charge in [-0.3, -0.25) is 9.78 Å². The van der Waals surface area contributed by atoms with Gasteiger partial charge in [0, 0.05) is 23.8 Å². The van der Waals surface area contributed by atoms with Gasteiger partial charge in [-0.2, -0.15) is 0 Å². The Morgan fingerprint density at radius 3 is 2.89 bits per heavy atom. The molecule has 1 aliphatic rings. The van der Waals surface area contributed by atoms with Gasteiger partial charge in [0.15, 0.2) is 0 Å². The molecule has 0 bridgehead atoms. The summed E-state index contributed by atoms with van der Waals surface area (Å²) >= 11 is 0. The predicted molar refractivity (Wildman–Crippen MR) is 101 cm³/mol. The number of para-hydroxylation sites is 1. The fourth-order valence-electron chi connectivity index (χ4n) is 2.99. The third kappa shape index (κ3) is 3.62. The van der Waals surface area contributed by atoms with Gasteiger partial charge < -0.3 is 10.1 Å². The van der Waals surface area contributed by atoms with Gasteiger partial charge in [-0.1, -0.05) is 18.2 Å². The van der Waals surface area contributed by atoms with Crippen molar-refractivity contribution in [3.63, 3.8) is 0 Å². The molecular formula is C19H17N3O4S. The third-order valence-electron chi connectivity index (χ3n) is 4.26. The third-order valence-corrected chi connectivity index (χ3v) is 5.72. The second-order valence-electron chi connectivity index (χ2n) is 6.12. The van der Waals surface area contributed by atoms with Gasteiger partial charge in [0.05, 0.1) is 11.3 Å². The molecule has 2 N–H and O–H groups in total. The second-order valence-corrected chi connectivity index (χ2v) is 7.89. The summed E-state index contributed by atoms with van der Waals surface area (Å²) in [6.07, 6.45) is 1.88. The summed E-state index contributed by atoms with van der Waals surface area (Å²) in [6, 6.07) is 14.0. The zero-order valence-electron chi connectivity index (χ0n) is 14.3. The van der Waals surface area contributed by atoms with E-state index in [1.165, 1.54) is 12.1 Å². The van der Waals surface area contributed by atoms with Gasteiger partial charge >= 0.3 is 0 Å². The van der Waals surface area contributed by atoms with Crippen LogP contribution < -0.4 is 14.8 Å². The minimum Gasteiger partial charge on any atom is -0.490 e. The van der Waals surface area contributed by atoms with Crippen molar-refractivity contribution in [2.24, 2.45) is 0 Å². The molecule has 138 valence electrons. The maximum Gasteiger partial charge on any atom is 0.240 e. The van der Waals surface area contributed by atoms with Crippen LogP contribution in [-0.2, 0) is 21.2 Å². The van der Waals surface area contributed by atoms with Crippen molar-refractivity contribution >= 4 is 32.5 Å². The highest BCUT2D eigenvalue weighted by Crippen LogP contribution is 2.26. The summed E-state index contributed by atoms with van der Waals surface area (Å²) in [6.45, 7) is 0.277. The number of hydrogen-bond donors (Lipinski definition) is 2. The smallest absolute Gasteiger partial charge is 0.240 e. The fourth-order valence-corrected chi connectivity index (χ4v) is 4.05. The first-order valence-corrected chi connectivity index (χ1v) is 9.90. The van der Waals surface area contributed by atoms with E-state index >= 15 is 0 Å². The normalized spacial score (nSPS) is 13.4. The molecule has 7 nitrogen and oxygen atoms in total. The van der Waals surface area contributed by atoms with E-state index in [-0.39, 0.29) is 30.4 Å². The van der Waals surface area contributed by atoms with Crippen molar-refractivity contribution in [1.29, 1.82) is 0 Å². The minimum absolute atomic E-state index is 0.111. The summed E-state index contributed by atoms with van der Waals surface area (Å²) in [7, 11) is -3.68. The topological polar surface area (TPSA) is 97.4 Å². The Morgan fingerprint density at radius 1 is 1.15 bits per heavy atom. The summed E-state index contributed by atoms with van der Waals surface area (Å²) < 4.78 is 33.1. The quantitative estimate of drug-likeness (QED) is 0.635. The molecule has 0 spiro atoms. The van der Waals surface area contributed by atoms with Crippen LogP contribution in [0.5, 0.6) is 5.75 Å². The van der Waals surface area contributed by atoms with Crippen molar-refractivity contribution in [3.8, 4) is 5.75 Å². The van der Waals surface area contributed by atoms with Crippen LogP contribution in [0.25, 0.3) is 10.9 Å². The first kappa shape index (κ1) is 17.4. The molecule has 1 aromatic heterocycles. The molecule has 4 rings (SSSR count). The van der Waals surface area contributed by atoms with E-state index in [4.69, 9.17) is 4.74 Å². The SMILES string of the molecule is O=C1Cc2cc(S(=O)(=O)NCCOc3cccc4cccnc34)ccc2N1. The molecule has 1 aliphatic heterocycles. The lowest BCUT2D eigenvalue weighted by Gasteiger charge is -2.10. The number of fused-ring (bicyclic) bond motifs is 2. The van der Waals surface area contributed by atoms with Crippen molar-refractivity contribution in [1.82, 2.24) is 9.71 Å². The molecule has 0 saturated carbocycles. The number of pyridine rings is 1. The number of amides is 1. The molecule has 8 heteroatoms. The maximum atomic E-state index is 12.5. The minimum atomic E-state index is -3.68. The summed E-state index contributed by atoms with van der Waals surface area (Å²) in [5, 5.41) is 3.64. The Morgan fingerprint density at radius 2 is 2.00 bits per heavy atom. The number of nitrogens with zero attached hydrogens (tertiary/aromatic N) is 1. The van der Waals surface area contributed by atoms with E-state index in [0.717, 1.165) is 10.9 Å². The maximum absolute atomic E-state index is 12.5. The van der Waals surface area contributed by atoms with Crippen molar-refractivity contribution < 1.29 is 17.9 Å². The van der Waals surface area contributed by atoms with E-state index in [9.17, 15) is 13.2 Å². The van der Waals surface area contributed by atoms with Crippen LogP contribution in [0.1, 0.15) is 5.56 Å². The Bertz CT molecular complexity index is 1120. The zero-order valence-corrected chi connectivity index (χ0v) is 15.1. The van der Waals surface area contributed by atoms with Gasteiger partial charge in [0.2, 0.25) is 15.9 Å². The Balaban J connectivity index is 1.40. The lowest BCUT2D eigenvalue weighted by molar-refractivity contribution is -0.115. The van der Waals surface area contributed by atoms with E-state index in [1.807, 2.05) is 24.3 Å². The molecule has 2 aromatic carbocycles. The van der Waals surface area contributed by atoms with Crippen LogP contribution in [0.4, 0.5) is 5.69 Å². The Hall–Kier alpha value is -2.97. The molecule has 3 aromatic rings. The standard InChI is InChI=1S/C19H17N3O4S/c23-18-12-14-11-15(6-7-16(14)22-18)27(24,25)21-9-10-26-17-5-1-3-13-4-2-8-20-19(13)17/h1-8,11,21H,9-10,12H2,(H,22,23). The van der Waals surface area contributed by atoms with Crippen LogP contribution >= 0.6 is 0 Å². The van der Waals surface area contributed by atoms with E-state index in [2.05, 4.69) is 15.0 Å². The van der Waals surface area contributed by atoms with Gasteiger partial charge in [-0.05, 0) is 35.9 Å². The molecular weight excluding hydrogens is 366 g/mol. The molecule has 0 unspecified atom stereocenters. The first-order valence-electron chi connectivity index (χ1n) is 8.42. The second kappa shape index (κ2) is 6.98. The molecule has 0 aliphatic carbocycles. The van der Waals surface area contributed by atoms with Crippen molar-refractivity contribution in [3.05, 3.63) is 60.3 Å². The summed E-state index contributed by atoms with van der Waals surface area (Å²) in [5.74, 6) is 0.471. The van der Waals surface area contributed by atoms with Crippen LogP contribution in [0.2, 0.25) is 0 Å². The van der Waals surface area contributed by atoms with E-state index < -0.39 is 10.0 Å². The Kier molecular flexibility index (Phi) is 4.51. The monoisotopic (exact) mass is 383 g/mol. The number of nitrogens with one attached hydrogen (secondary N) is 2. The lowest BCUT2D eigenvalue weighted by Crippen LogP contribution is -2.28. The number of ether oxygens (including phenoxy) is 1. The van der Waals surface area contributed by atoms with Crippen LogP contribution in [0.15, 0.2) is 59.6 Å². The zero-order chi connectivity index (χ0) is 18.9. The molecule has 0 radical (unpaired) electrons. The van der Waals surface area contributed by atoms with E-state index in [0.29, 0.717) is 17.0 Å². The molecule has 0 atom stereocenters. The molecule has 0 fully saturated rings. The fraction of sp³-hybridized carbons (Fsp3) is 0.158. The van der Waals surface area contributed by atoms with Crippen LogP contribution in [0.3, 0.4) is 0 Å². The number of anilines is 1. The summed E-state index contributed by atoms with van der Waals surface area (Å²) in [4.78, 5) is 15.8. The highest BCUT2D eigenvalue weighted by Gasteiger charge is 2.21. The largest absolute Gasteiger partial charge is 0.490 e. The highest BCUT2D eigenvalue weighted by molar-refractivity contribution is 7.89.